The van der Waals surface area contributed by atoms with E-state index < -0.39 is 28.1 Å². The van der Waals surface area contributed by atoms with Crippen LogP contribution in [0.25, 0.3) is 0 Å². The average Bonchev–Trinajstić information content (AvgIpc) is 3.04. The Morgan fingerprint density at radius 3 is 2.61 bits per heavy atom. The van der Waals surface area contributed by atoms with Crippen LogP contribution in [0.3, 0.4) is 0 Å². The Morgan fingerprint density at radius 2 is 1.94 bits per heavy atom. The highest BCUT2D eigenvalue weighted by Gasteiger charge is 2.48. The van der Waals surface area contributed by atoms with Crippen LogP contribution in [0.15, 0.2) is 41.3 Å². The predicted octanol–water partition coefficient (Wildman–Crippen LogP) is 4.09. The zero-order valence-corrected chi connectivity index (χ0v) is 19.7. The largest absolute Gasteiger partial charge is 0.492 e. The third-order valence-electron chi connectivity index (χ3n) is 6.42. The Hall–Kier alpha value is -2.23. The molecule has 0 bridgehead atoms. The zero-order valence-electron chi connectivity index (χ0n) is 18.1. The average molecular weight is 499 g/mol. The first-order chi connectivity index (χ1) is 15.6. The number of amides is 1. The molecule has 2 aliphatic heterocycles. The molecule has 1 amide bonds. The Labute approximate surface area is 196 Å². The van der Waals surface area contributed by atoms with Gasteiger partial charge in [-0.05, 0) is 67.9 Å². The second-order valence-electron chi connectivity index (χ2n) is 8.51. The predicted molar refractivity (Wildman–Crippen MR) is 122 cm³/mol. The van der Waals surface area contributed by atoms with Gasteiger partial charge in [0.05, 0.1) is 10.3 Å². The monoisotopic (exact) mass is 498 g/mol. The molecule has 1 unspecified atom stereocenters. The number of likely N-dealkylation sites (tertiary alicyclic amines) is 1. The first-order valence-corrected chi connectivity index (χ1v) is 12.9. The van der Waals surface area contributed by atoms with Gasteiger partial charge in [0.1, 0.15) is 19.0 Å². The number of carbonyl (C=O) groups excluding carboxylic acids is 1. The number of anilines is 1. The molecular formula is C23H25ClF2N2O4S. The number of ether oxygens (including phenoxy) is 1. The number of fused-ring (bicyclic) bond motifs is 2. The van der Waals surface area contributed by atoms with Crippen LogP contribution in [0.1, 0.15) is 30.1 Å². The van der Waals surface area contributed by atoms with Gasteiger partial charge in [-0.3, -0.25) is 9.69 Å². The Bertz CT molecular complexity index is 1170. The number of carbonyl (C=O) groups is 1. The van der Waals surface area contributed by atoms with Gasteiger partial charge in [-0.25, -0.2) is 17.2 Å². The molecule has 0 radical (unpaired) electrons. The summed E-state index contributed by atoms with van der Waals surface area (Å²) in [4.78, 5) is 14.7. The van der Waals surface area contributed by atoms with Gasteiger partial charge < -0.3 is 10.1 Å². The van der Waals surface area contributed by atoms with Gasteiger partial charge in [-0.1, -0.05) is 11.6 Å². The summed E-state index contributed by atoms with van der Waals surface area (Å²) in [5, 5.41) is 3.56. The molecule has 6 nitrogen and oxygen atoms in total. The topological polar surface area (TPSA) is 75.7 Å². The summed E-state index contributed by atoms with van der Waals surface area (Å²) >= 11 is 6.16. The van der Waals surface area contributed by atoms with Crippen LogP contribution < -0.4 is 10.1 Å². The van der Waals surface area contributed by atoms with E-state index >= 15 is 0 Å². The van der Waals surface area contributed by atoms with E-state index in [1.807, 2.05) is 12.1 Å². The van der Waals surface area contributed by atoms with Crippen molar-refractivity contribution in [1.82, 2.24) is 4.90 Å². The SMILES string of the molecule is CS(=O)(=O)c1ccc(OCCN2CCC3(CC2)C(=O)Nc2ccc(Cl)cc23)cc1C(F)CF. The molecule has 0 aliphatic carbocycles. The van der Waals surface area contributed by atoms with Gasteiger partial charge in [0.2, 0.25) is 5.91 Å². The minimum atomic E-state index is -3.69. The quantitative estimate of drug-likeness (QED) is 0.622. The maximum atomic E-state index is 14.0. The number of nitrogens with zero attached hydrogens (tertiary/aromatic N) is 1. The molecule has 1 atom stereocenters. The van der Waals surface area contributed by atoms with E-state index in [-0.39, 0.29) is 28.7 Å². The molecule has 1 fully saturated rings. The van der Waals surface area contributed by atoms with Gasteiger partial charge in [0.15, 0.2) is 16.0 Å². The van der Waals surface area contributed by atoms with E-state index in [1.165, 1.54) is 18.2 Å². The number of rotatable bonds is 7. The third kappa shape index (κ3) is 4.72. The molecule has 0 saturated carbocycles. The van der Waals surface area contributed by atoms with Crippen LogP contribution in [0.4, 0.5) is 14.5 Å². The van der Waals surface area contributed by atoms with Crippen LogP contribution in [0, 0.1) is 0 Å². The number of hydrogen-bond acceptors (Lipinski definition) is 5. The van der Waals surface area contributed by atoms with Crippen LogP contribution >= 0.6 is 11.6 Å². The second kappa shape index (κ2) is 9.19. The summed E-state index contributed by atoms with van der Waals surface area (Å²) < 4.78 is 56.3. The normalized spacial score (nSPS) is 18.7. The molecule has 4 rings (SSSR count). The fourth-order valence-corrected chi connectivity index (χ4v) is 5.72. The summed E-state index contributed by atoms with van der Waals surface area (Å²) in [6.45, 7) is 0.922. The van der Waals surface area contributed by atoms with Crippen molar-refractivity contribution in [2.75, 3.05) is 44.5 Å². The van der Waals surface area contributed by atoms with Crippen molar-refractivity contribution in [3.63, 3.8) is 0 Å². The van der Waals surface area contributed by atoms with Gasteiger partial charge in [0, 0.05) is 29.1 Å². The van der Waals surface area contributed by atoms with E-state index in [1.54, 1.807) is 6.07 Å². The molecule has 10 heteroatoms. The van der Waals surface area contributed by atoms with Crippen molar-refractivity contribution in [1.29, 1.82) is 0 Å². The third-order valence-corrected chi connectivity index (χ3v) is 7.83. The zero-order chi connectivity index (χ0) is 23.8. The number of sulfone groups is 1. The molecule has 2 heterocycles. The molecule has 33 heavy (non-hydrogen) atoms. The summed E-state index contributed by atoms with van der Waals surface area (Å²) in [6, 6.07) is 9.39. The van der Waals surface area contributed by atoms with Crippen molar-refractivity contribution in [2.24, 2.45) is 0 Å². The van der Waals surface area contributed by atoms with Crippen LogP contribution in [-0.2, 0) is 20.0 Å². The van der Waals surface area contributed by atoms with Crippen molar-refractivity contribution in [2.45, 2.75) is 29.3 Å². The Kier molecular flexibility index (Phi) is 6.66. The molecule has 1 N–H and O–H groups in total. The maximum Gasteiger partial charge on any atom is 0.235 e. The lowest BCUT2D eigenvalue weighted by molar-refractivity contribution is -0.122. The van der Waals surface area contributed by atoms with Gasteiger partial charge in [-0.15, -0.1) is 0 Å². The Morgan fingerprint density at radius 1 is 1.21 bits per heavy atom. The fraction of sp³-hybridized carbons (Fsp3) is 0.435. The highest BCUT2D eigenvalue weighted by Crippen LogP contribution is 2.45. The van der Waals surface area contributed by atoms with Crippen LogP contribution in [0.2, 0.25) is 5.02 Å². The van der Waals surface area contributed by atoms with Crippen LogP contribution in [-0.4, -0.2) is 58.4 Å². The number of halogens is 3. The summed E-state index contributed by atoms with van der Waals surface area (Å²) in [5.41, 5.74) is 0.954. The first kappa shape index (κ1) is 23.9. The number of nitrogens with one attached hydrogen (secondary N) is 1. The number of benzene rings is 2. The van der Waals surface area contributed by atoms with Gasteiger partial charge in [0.25, 0.3) is 0 Å². The van der Waals surface area contributed by atoms with E-state index in [0.717, 1.165) is 17.5 Å². The highest BCUT2D eigenvalue weighted by atomic mass is 35.5. The smallest absolute Gasteiger partial charge is 0.235 e. The van der Waals surface area contributed by atoms with Crippen molar-refractivity contribution in [3.8, 4) is 5.75 Å². The van der Waals surface area contributed by atoms with Crippen molar-refractivity contribution < 1.29 is 26.7 Å². The van der Waals surface area contributed by atoms with E-state index in [0.29, 0.717) is 37.5 Å². The molecule has 2 aromatic rings. The number of hydrogen-bond donors (Lipinski definition) is 1. The molecule has 2 aromatic carbocycles. The molecular weight excluding hydrogens is 474 g/mol. The lowest BCUT2D eigenvalue weighted by Gasteiger charge is -2.38. The van der Waals surface area contributed by atoms with E-state index in [4.69, 9.17) is 16.3 Å². The van der Waals surface area contributed by atoms with Gasteiger partial charge in [-0.2, -0.15) is 0 Å². The van der Waals surface area contributed by atoms with E-state index in [2.05, 4.69) is 10.2 Å². The minimum absolute atomic E-state index is 0.00259. The summed E-state index contributed by atoms with van der Waals surface area (Å²) in [5.74, 6) is 0.281. The summed E-state index contributed by atoms with van der Waals surface area (Å²) in [7, 11) is -3.69. The first-order valence-electron chi connectivity index (χ1n) is 10.6. The second-order valence-corrected chi connectivity index (χ2v) is 10.9. The lowest BCUT2D eigenvalue weighted by atomic mass is 9.73. The summed E-state index contributed by atoms with van der Waals surface area (Å²) in [6.07, 6.45) is 0.224. The van der Waals surface area contributed by atoms with Crippen molar-refractivity contribution in [3.05, 3.63) is 52.5 Å². The number of alkyl halides is 2. The molecule has 1 spiro atoms. The molecule has 2 aliphatic rings. The molecule has 0 aromatic heterocycles. The van der Waals surface area contributed by atoms with Gasteiger partial charge >= 0.3 is 0 Å². The highest BCUT2D eigenvalue weighted by molar-refractivity contribution is 7.90. The fourth-order valence-electron chi connectivity index (χ4n) is 4.61. The minimum Gasteiger partial charge on any atom is -0.492 e. The molecule has 1 saturated heterocycles. The van der Waals surface area contributed by atoms with E-state index in [9.17, 15) is 22.0 Å². The lowest BCUT2D eigenvalue weighted by Crippen LogP contribution is -2.47. The number of piperidine rings is 1. The Balaban J connectivity index is 1.37. The van der Waals surface area contributed by atoms with Crippen LogP contribution in [0.5, 0.6) is 5.75 Å². The maximum absolute atomic E-state index is 14.0. The molecule has 178 valence electrons. The standard InChI is InChI=1S/C23H25ClF2N2O4S/c1-33(30,31)21-5-3-16(13-17(21)19(26)14-25)32-11-10-28-8-6-23(7-9-28)18-12-15(24)2-4-20(18)27-22(23)29/h2-5,12-13,19H,6-11,14H2,1H3,(H,27,29). The van der Waals surface area contributed by atoms with Crippen molar-refractivity contribution >= 4 is 33.0 Å².